The highest BCUT2D eigenvalue weighted by molar-refractivity contribution is 7.91. The second-order valence-electron chi connectivity index (χ2n) is 5.23. The number of rotatable bonds is 6. The van der Waals surface area contributed by atoms with Gasteiger partial charge >= 0.3 is 6.18 Å². The molecule has 27 heavy (non-hydrogen) atoms. The third kappa shape index (κ3) is 5.89. The first-order valence-electron chi connectivity index (χ1n) is 7.57. The Morgan fingerprint density at radius 1 is 1.26 bits per heavy atom. The Bertz CT molecular complexity index is 911. The topological polar surface area (TPSA) is 83.5 Å². The van der Waals surface area contributed by atoms with Gasteiger partial charge in [-0.05, 0) is 12.1 Å². The number of nitrogens with one attached hydrogen (secondary N) is 2. The molecule has 0 bridgehead atoms. The number of hydrogen-bond acceptors (Lipinski definition) is 5. The monoisotopic (exact) mass is 424 g/mol. The van der Waals surface area contributed by atoms with Crippen molar-refractivity contribution in [2.24, 2.45) is 4.99 Å². The van der Waals surface area contributed by atoms with Crippen LogP contribution in [0.25, 0.3) is 0 Å². The molecular formula is C15H16F4N4O2S2. The van der Waals surface area contributed by atoms with E-state index >= 15 is 0 Å². The summed E-state index contributed by atoms with van der Waals surface area (Å²) in [4.78, 5) is 6.92. The molecule has 2 rings (SSSR count). The zero-order valence-corrected chi connectivity index (χ0v) is 15.7. The van der Waals surface area contributed by atoms with Gasteiger partial charge in [-0.2, -0.15) is 13.2 Å². The van der Waals surface area contributed by atoms with Crippen LogP contribution in [-0.4, -0.2) is 38.7 Å². The highest BCUT2D eigenvalue weighted by Crippen LogP contribution is 2.29. The zero-order chi connectivity index (χ0) is 20.1. The second kappa shape index (κ2) is 8.65. The number of aromatic nitrogens is 1. The van der Waals surface area contributed by atoms with Crippen molar-refractivity contribution in [3.8, 4) is 0 Å². The molecule has 6 nitrogen and oxygen atoms in total. The van der Waals surface area contributed by atoms with E-state index in [2.05, 4.69) is 20.6 Å². The third-order valence-electron chi connectivity index (χ3n) is 3.31. The van der Waals surface area contributed by atoms with Crippen molar-refractivity contribution in [2.45, 2.75) is 17.6 Å². The maximum atomic E-state index is 13.6. The Hall–Kier alpha value is -2.21. The molecular weight excluding hydrogens is 408 g/mol. The summed E-state index contributed by atoms with van der Waals surface area (Å²) in [7, 11) is -2.41. The molecule has 148 valence electrons. The molecule has 0 aliphatic carbocycles. The number of benzene rings is 1. The van der Waals surface area contributed by atoms with Crippen molar-refractivity contribution >= 4 is 27.1 Å². The first-order valence-corrected chi connectivity index (χ1v) is 10.1. The minimum absolute atomic E-state index is 0.0134. The molecule has 0 spiro atoms. The van der Waals surface area contributed by atoms with Crippen molar-refractivity contribution in [1.29, 1.82) is 0 Å². The lowest BCUT2D eigenvalue weighted by molar-refractivity contribution is -0.140. The van der Waals surface area contributed by atoms with Crippen LogP contribution < -0.4 is 10.6 Å². The Morgan fingerprint density at radius 3 is 2.56 bits per heavy atom. The number of aliphatic imine (C=N–C) groups is 1. The fourth-order valence-electron chi connectivity index (χ4n) is 2.01. The Balaban J connectivity index is 1.87. The SMILES string of the molecule is CN=C(NCCS(=O)(=O)c1ccccc1F)NCc1nc(C(F)(F)F)cs1. The van der Waals surface area contributed by atoms with Gasteiger partial charge in [-0.15, -0.1) is 11.3 Å². The van der Waals surface area contributed by atoms with Gasteiger partial charge in [-0.1, -0.05) is 12.1 Å². The van der Waals surface area contributed by atoms with Crippen LogP contribution in [0.5, 0.6) is 0 Å². The fraction of sp³-hybridized carbons (Fsp3) is 0.333. The summed E-state index contributed by atoms with van der Waals surface area (Å²) in [6.45, 7) is -0.0809. The second-order valence-corrected chi connectivity index (χ2v) is 8.25. The van der Waals surface area contributed by atoms with Gasteiger partial charge in [0.15, 0.2) is 21.5 Å². The lowest BCUT2D eigenvalue weighted by Gasteiger charge is -2.11. The van der Waals surface area contributed by atoms with Crippen LogP contribution in [0.15, 0.2) is 39.5 Å². The van der Waals surface area contributed by atoms with Gasteiger partial charge < -0.3 is 10.6 Å². The van der Waals surface area contributed by atoms with Gasteiger partial charge in [0.2, 0.25) is 0 Å². The number of thiazole rings is 1. The van der Waals surface area contributed by atoms with Crippen molar-refractivity contribution in [1.82, 2.24) is 15.6 Å². The molecule has 0 radical (unpaired) electrons. The molecule has 1 aromatic heterocycles. The van der Waals surface area contributed by atoms with Crippen molar-refractivity contribution in [2.75, 3.05) is 19.3 Å². The summed E-state index contributed by atoms with van der Waals surface area (Å²) in [6, 6.07) is 5.05. The molecule has 2 aromatic rings. The summed E-state index contributed by atoms with van der Waals surface area (Å²) >= 11 is 0.842. The lowest BCUT2D eigenvalue weighted by Crippen LogP contribution is -2.39. The predicted octanol–water partition coefficient (Wildman–Crippen LogP) is 2.44. The summed E-state index contributed by atoms with van der Waals surface area (Å²) in [5, 5.41) is 6.56. The van der Waals surface area contributed by atoms with Gasteiger partial charge in [-0.3, -0.25) is 4.99 Å². The first kappa shape index (κ1) is 21.1. The third-order valence-corrected chi connectivity index (χ3v) is 5.90. The van der Waals surface area contributed by atoms with Gasteiger partial charge in [0.05, 0.1) is 12.3 Å². The lowest BCUT2D eigenvalue weighted by atomic mass is 10.3. The molecule has 0 aliphatic rings. The van der Waals surface area contributed by atoms with Gasteiger partial charge in [0.25, 0.3) is 0 Å². The van der Waals surface area contributed by atoms with E-state index in [0.717, 1.165) is 22.8 Å². The number of halogens is 4. The van der Waals surface area contributed by atoms with E-state index in [1.54, 1.807) is 0 Å². The van der Waals surface area contributed by atoms with Crippen LogP contribution in [-0.2, 0) is 22.6 Å². The Morgan fingerprint density at radius 2 is 1.96 bits per heavy atom. The van der Waals surface area contributed by atoms with Crippen LogP contribution >= 0.6 is 11.3 Å². The zero-order valence-electron chi connectivity index (χ0n) is 14.0. The minimum atomic E-state index is -4.50. The van der Waals surface area contributed by atoms with Crippen LogP contribution in [0.3, 0.4) is 0 Å². The van der Waals surface area contributed by atoms with Crippen LogP contribution in [0.1, 0.15) is 10.7 Å². The van der Waals surface area contributed by atoms with Crippen molar-refractivity contribution < 1.29 is 26.0 Å². The Labute approximate surface area is 157 Å². The molecule has 0 saturated heterocycles. The van der Waals surface area contributed by atoms with Crippen LogP contribution in [0, 0.1) is 5.82 Å². The highest BCUT2D eigenvalue weighted by Gasteiger charge is 2.33. The van der Waals surface area contributed by atoms with E-state index < -0.39 is 32.4 Å². The molecule has 12 heteroatoms. The standard InChI is InChI=1S/C15H16F4N4O2S2/c1-20-14(22-8-13-23-12(9-26-13)15(17,18)19)21-6-7-27(24,25)11-5-3-2-4-10(11)16/h2-5,9H,6-8H2,1H3,(H2,20,21,22). The molecule has 0 atom stereocenters. The summed E-state index contributed by atoms with van der Waals surface area (Å²) in [5.74, 6) is -1.03. The molecule has 0 aliphatic heterocycles. The average Bonchev–Trinajstić information content (AvgIpc) is 3.07. The molecule has 0 fully saturated rings. The Kier molecular flexibility index (Phi) is 6.76. The number of alkyl halides is 3. The highest BCUT2D eigenvalue weighted by atomic mass is 32.2. The summed E-state index contributed by atoms with van der Waals surface area (Å²) in [5.41, 5.74) is -0.969. The van der Waals surface area contributed by atoms with Crippen LogP contribution in [0.2, 0.25) is 0 Å². The largest absolute Gasteiger partial charge is 0.434 e. The maximum absolute atomic E-state index is 13.6. The molecule has 2 N–H and O–H groups in total. The van der Waals surface area contributed by atoms with Crippen molar-refractivity contribution in [3.05, 3.63) is 46.2 Å². The molecule has 1 heterocycles. The van der Waals surface area contributed by atoms with Gasteiger partial charge in [-0.25, -0.2) is 17.8 Å². The smallest absolute Gasteiger partial charge is 0.355 e. The van der Waals surface area contributed by atoms with E-state index in [0.29, 0.717) is 0 Å². The van der Waals surface area contributed by atoms with Gasteiger partial charge in [0, 0.05) is 19.0 Å². The average molecular weight is 424 g/mol. The van der Waals surface area contributed by atoms with E-state index in [9.17, 15) is 26.0 Å². The molecule has 1 aromatic carbocycles. The maximum Gasteiger partial charge on any atom is 0.434 e. The number of sulfone groups is 1. The van der Waals surface area contributed by atoms with E-state index in [1.165, 1.54) is 25.2 Å². The number of hydrogen-bond donors (Lipinski definition) is 2. The van der Waals surface area contributed by atoms with Crippen molar-refractivity contribution in [3.63, 3.8) is 0 Å². The number of nitrogens with zero attached hydrogens (tertiary/aromatic N) is 2. The van der Waals surface area contributed by atoms with Gasteiger partial charge in [0.1, 0.15) is 15.7 Å². The summed E-state index contributed by atoms with van der Waals surface area (Å²) < 4.78 is 75.4. The minimum Gasteiger partial charge on any atom is -0.355 e. The normalized spacial score (nSPS) is 12.9. The molecule has 0 unspecified atom stereocenters. The van der Waals surface area contributed by atoms with E-state index in [1.807, 2.05) is 0 Å². The fourth-order valence-corrected chi connectivity index (χ4v) is 4.00. The predicted molar refractivity (Wildman–Crippen MR) is 93.8 cm³/mol. The summed E-state index contributed by atoms with van der Waals surface area (Å²) in [6.07, 6.45) is -4.50. The van der Waals surface area contributed by atoms with E-state index in [-0.39, 0.29) is 29.8 Å². The molecule has 0 saturated carbocycles. The van der Waals surface area contributed by atoms with Crippen LogP contribution in [0.4, 0.5) is 17.6 Å². The molecule has 0 amide bonds. The quantitative estimate of drug-likeness (QED) is 0.423. The van der Waals surface area contributed by atoms with E-state index in [4.69, 9.17) is 0 Å². The first-order chi connectivity index (χ1) is 12.6. The number of guanidine groups is 1.